The molecule has 5 rings (SSSR count). The maximum Gasteiger partial charge on any atom is 0.250 e. The minimum absolute atomic E-state index is 0.0649. The lowest BCUT2D eigenvalue weighted by Crippen LogP contribution is -2.53. The van der Waals surface area contributed by atoms with Crippen molar-refractivity contribution in [1.29, 1.82) is 0 Å². The maximum atomic E-state index is 13.8. The van der Waals surface area contributed by atoms with Crippen LogP contribution in [0.5, 0.6) is 5.75 Å². The summed E-state index contributed by atoms with van der Waals surface area (Å²) in [6.07, 6.45) is -0.161. The van der Waals surface area contributed by atoms with E-state index in [0.29, 0.717) is 17.0 Å². The molecule has 1 spiro atoms. The Labute approximate surface area is 196 Å². The molecule has 4 N–H and O–H groups in total. The summed E-state index contributed by atoms with van der Waals surface area (Å²) in [4.78, 5) is 53.9. The Balaban J connectivity index is 1.59. The number of anilines is 1. The number of methoxy groups -OCH3 is 1. The number of carbonyl (C=O) groups excluding carboxylic acids is 4. The van der Waals surface area contributed by atoms with Crippen LogP contribution < -0.4 is 21.1 Å². The molecule has 3 aliphatic heterocycles. The standard InChI is InChI=1S/C25H26N4O5/c1-12-4-9-16-21(13(12)2)27-24(33)25(16)20-19(17(28-25)10-18(26)30)22(31)29(23(20)32)11-14-5-7-15(34-3)8-6-14/h4-9,17,19-20,28H,10-11H2,1-3H3,(H2,26,30)(H,27,33)/t17-,19-,20-,25-/m1/s1. The van der Waals surface area contributed by atoms with E-state index >= 15 is 0 Å². The first-order valence-electron chi connectivity index (χ1n) is 11.1. The van der Waals surface area contributed by atoms with Crippen molar-refractivity contribution in [3.63, 3.8) is 0 Å². The van der Waals surface area contributed by atoms with Crippen LogP contribution in [-0.2, 0) is 31.3 Å². The van der Waals surface area contributed by atoms with Crippen molar-refractivity contribution in [2.24, 2.45) is 17.6 Å². The zero-order valence-corrected chi connectivity index (χ0v) is 19.2. The molecule has 2 fully saturated rings. The number of rotatable bonds is 5. The number of carbonyl (C=O) groups is 4. The number of amides is 4. The van der Waals surface area contributed by atoms with Gasteiger partial charge in [0.2, 0.25) is 23.6 Å². The van der Waals surface area contributed by atoms with Crippen molar-refractivity contribution in [3.05, 3.63) is 58.7 Å². The second-order valence-electron chi connectivity index (χ2n) is 9.23. The molecule has 2 saturated heterocycles. The molecule has 0 saturated carbocycles. The van der Waals surface area contributed by atoms with Gasteiger partial charge >= 0.3 is 0 Å². The van der Waals surface area contributed by atoms with Gasteiger partial charge in [-0.15, -0.1) is 0 Å². The summed E-state index contributed by atoms with van der Waals surface area (Å²) in [6, 6.07) is 10.1. The average Bonchev–Trinajstić information content (AvgIpc) is 3.37. The topological polar surface area (TPSA) is 131 Å². The van der Waals surface area contributed by atoms with Crippen LogP contribution in [0.2, 0.25) is 0 Å². The van der Waals surface area contributed by atoms with Crippen molar-refractivity contribution in [3.8, 4) is 5.75 Å². The predicted octanol–water partition coefficient (Wildman–Crippen LogP) is 1.11. The molecule has 0 aromatic heterocycles. The average molecular weight is 463 g/mol. The van der Waals surface area contributed by atoms with Gasteiger partial charge in [0.1, 0.15) is 11.3 Å². The molecule has 0 radical (unpaired) electrons. The number of nitrogens with one attached hydrogen (secondary N) is 2. The van der Waals surface area contributed by atoms with Crippen LogP contribution in [0.1, 0.15) is 28.7 Å². The first-order valence-corrected chi connectivity index (χ1v) is 11.1. The van der Waals surface area contributed by atoms with Gasteiger partial charge in [-0.2, -0.15) is 0 Å². The molecule has 2 aromatic carbocycles. The van der Waals surface area contributed by atoms with Crippen LogP contribution in [0, 0.1) is 25.7 Å². The number of fused-ring (bicyclic) bond motifs is 4. The highest BCUT2D eigenvalue weighted by Gasteiger charge is 2.70. The van der Waals surface area contributed by atoms with Gasteiger partial charge in [0.05, 0.1) is 25.5 Å². The lowest BCUT2D eigenvalue weighted by Gasteiger charge is -2.29. The van der Waals surface area contributed by atoms with Gasteiger partial charge in [-0.25, -0.2) is 0 Å². The Morgan fingerprint density at radius 3 is 2.44 bits per heavy atom. The van der Waals surface area contributed by atoms with Crippen LogP contribution in [0.15, 0.2) is 36.4 Å². The van der Waals surface area contributed by atoms with Gasteiger partial charge in [-0.3, -0.25) is 29.4 Å². The second-order valence-corrected chi connectivity index (χ2v) is 9.23. The summed E-state index contributed by atoms with van der Waals surface area (Å²) < 4.78 is 5.18. The summed E-state index contributed by atoms with van der Waals surface area (Å²) in [5.74, 6) is -3.05. The number of hydrogen-bond donors (Lipinski definition) is 3. The van der Waals surface area contributed by atoms with Crippen molar-refractivity contribution in [2.45, 2.75) is 38.4 Å². The SMILES string of the molecule is COc1ccc(CN2C(=O)[C@@H]3[C@@H](CC(N)=O)N[C@@]4(C(=O)Nc5c4ccc(C)c5C)[C@H]3C2=O)cc1. The Bertz CT molecular complexity index is 1240. The molecule has 0 unspecified atom stereocenters. The smallest absolute Gasteiger partial charge is 0.250 e. The molecular formula is C25H26N4O5. The van der Waals surface area contributed by atoms with E-state index in [0.717, 1.165) is 16.7 Å². The number of imide groups is 1. The first-order chi connectivity index (χ1) is 16.2. The Morgan fingerprint density at radius 1 is 1.09 bits per heavy atom. The Morgan fingerprint density at radius 2 is 1.79 bits per heavy atom. The number of likely N-dealkylation sites (tertiary alicyclic amines) is 1. The lowest BCUT2D eigenvalue weighted by atomic mass is 9.76. The highest BCUT2D eigenvalue weighted by Crippen LogP contribution is 2.54. The van der Waals surface area contributed by atoms with Crippen LogP contribution in [0.4, 0.5) is 5.69 Å². The molecule has 2 aromatic rings. The summed E-state index contributed by atoms with van der Waals surface area (Å²) in [5, 5.41) is 6.14. The van der Waals surface area contributed by atoms with Gasteiger partial charge in [0.15, 0.2) is 0 Å². The lowest BCUT2D eigenvalue weighted by molar-refractivity contribution is -0.143. The van der Waals surface area contributed by atoms with Crippen LogP contribution in [-0.4, -0.2) is 41.7 Å². The van der Waals surface area contributed by atoms with E-state index in [1.54, 1.807) is 31.4 Å². The fraction of sp³-hybridized carbons (Fsp3) is 0.360. The number of hydrogen-bond acceptors (Lipinski definition) is 6. The van der Waals surface area contributed by atoms with Crippen molar-refractivity contribution in [1.82, 2.24) is 10.2 Å². The number of benzene rings is 2. The fourth-order valence-corrected chi connectivity index (χ4v) is 5.64. The van der Waals surface area contributed by atoms with Gasteiger partial charge in [0.25, 0.3) is 0 Å². The molecule has 176 valence electrons. The van der Waals surface area contributed by atoms with Crippen LogP contribution >= 0.6 is 0 Å². The molecule has 0 bridgehead atoms. The third kappa shape index (κ3) is 2.96. The number of ether oxygens (including phenoxy) is 1. The molecule has 9 heteroatoms. The van der Waals surface area contributed by atoms with Gasteiger partial charge in [0, 0.05) is 23.7 Å². The second kappa shape index (κ2) is 7.66. The number of nitrogens with zero attached hydrogens (tertiary/aromatic N) is 1. The highest BCUT2D eigenvalue weighted by molar-refractivity contribution is 6.15. The monoisotopic (exact) mass is 462 g/mol. The molecule has 4 atom stereocenters. The zero-order chi connectivity index (χ0) is 24.4. The molecule has 4 amide bonds. The van der Waals surface area contributed by atoms with E-state index in [2.05, 4.69) is 10.6 Å². The molecule has 9 nitrogen and oxygen atoms in total. The quantitative estimate of drug-likeness (QED) is 0.571. The van der Waals surface area contributed by atoms with E-state index in [9.17, 15) is 19.2 Å². The van der Waals surface area contributed by atoms with E-state index in [4.69, 9.17) is 10.5 Å². The predicted molar refractivity (Wildman–Crippen MR) is 122 cm³/mol. The van der Waals surface area contributed by atoms with E-state index < -0.39 is 47.0 Å². The molecule has 34 heavy (non-hydrogen) atoms. The summed E-state index contributed by atoms with van der Waals surface area (Å²) in [7, 11) is 1.56. The summed E-state index contributed by atoms with van der Waals surface area (Å²) in [6.45, 7) is 3.90. The third-order valence-corrected chi connectivity index (χ3v) is 7.43. The summed E-state index contributed by atoms with van der Waals surface area (Å²) in [5.41, 5.74) is 7.94. The van der Waals surface area contributed by atoms with Gasteiger partial charge < -0.3 is 15.8 Å². The molecular weight excluding hydrogens is 436 g/mol. The minimum Gasteiger partial charge on any atom is -0.497 e. The largest absolute Gasteiger partial charge is 0.497 e. The Hall–Kier alpha value is -3.72. The number of primary amides is 1. The van der Waals surface area contributed by atoms with E-state index in [-0.39, 0.29) is 13.0 Å². The van der Waals surface area contributed by atoms with E-state index in [1.807, 2.05) is 26.0 Å². The Kier molecular flexibility index (Phi) is 4.98. The minimum atomic E-state index is -1.44. The molecule has 0 aliphatic carbocycles. The molecule has 3 aliphatic rings. The van der Waals surface area contributed by atoms with Crippen LogP contribution in [0.25, 0.3) is 0 Å². The van der Waals surface area contributed by atoms with Crippen LogP contribution in [0.3, 0.4) is 0 Å². The van der Waals surface area contributed by atoms with Gasteiger partial charge in [-0.1, -0.05) is 24.3 Å². The maximum absolute atomic E-state index is 13.8. The fourth-order valence-electron chi connectivity index (χ4n) is 5.64. The first kappa shape index (κ1) is 22.1. The zero-order valence-electron chi connectivity index (χ0n) is 19.2. The number of nitrogens with two attached hydrogens (primary N) is 1. The van der Waals surface area contributed by atoms with Crippen molar-refractivity contribution in [2.75, 3.05) is 12.4 Å². The summed E-state index contributed by atoms with van der Waals surface area (Å²) >= 11 is 0. The third-order valence-electron chi connectivity index (χ3n) is 7.43. The van der Waals surface area contributed by atoms with E-state index in [1.165, 1.54) is 4.90 Å². The van der Waals surface area contributed by atoms with Gasteiger partial charge in [-0.05, 0) is 42.7 Å². The van der Waals surface area contributed by atoms with Crippen molar-refractivity contribution >= 4 is 29.3 Å². The highest BCUT2D eigenvalue weighted by atomic mass is 16.5. The number of aryl methyl sites for hydroxylation is 1. The normalized spacial score (nSPS) is 27.2. The molecule has 3 heterocycles. The van der Waals surface area contributed by atoms with Crippen molar-refractivity contribution < 1.29 is 23.9 Å².